The van der Waals surface area contributed by atoms with Gasteiger partial charge in [-0.1, -0.05) is 26.0 Å². The number of rotatable bonds is 11. The number of fused-ring (bicyclic) bond motifs is 1. The first-order chi connectivity index (χ1) is 18.1. The fourth-order valence-electron chi connectivity index (χ4n) is 3.97. The van der Waals surface area contributed by atoms with Gasteiger partial charge >= 0.3 is 6.09 Å². The summed E-state index contributed by atoms with van der Waals surface area (Å²) in [5.41, 5.74) is 0.699. The summed E-state index contributed by atoms with van der Waals surface area (Å²) in [5, 5.41) is 23.5. The third-order valence-electron chi connectivity index (χ3n) is 5.81. The van der Waals surface area contributed by atoms with Gasteiger partial charge in [-0.2, -0.15) is 4.31 Å². The van der Waals surface area contributed by atoms with Crippen molar-refractivity contribution < 1.29 is 42.1 Å². The lowest BCUT2D eigenvalue weighted by atomic mass is 10.0. The maximum Gasteiger partial charge on any atom is 0.413 e. The topological polar surface area (TPSA) is 148 Å². The quantitative estimate of drug-likeness (QED) is 0.330. The average Bonchev–Trinajstić information content (AvgIpc) is 3.55. The Bertz CT molecular complexity index is 1330. The number of carbonyl (C=O) groups is 1. The van der Waals surface area contributed by atoms with E-state index >= 15 is 0 Å². The SMILES string of the molecule is CC(C)CN(C[C@@H](O)[C@H](Cc1ccc(O)cc1)NC(=O)Oc1ccoc1)S(=O)(=O)c1ccc2c(c1)OCO2. The Hall–Kier alpha value is -3.74. The Morgan fingerprint density at radius 2 is 1.82 bits per heavy atom. The van der Waals surface area contributed by atoms with Crippen LogP contribution in [0.1, 0.15) is 19.4 Å². The summed E-state index contributed by atoms with van der Waals surface area (Å²) in [5.74, 6) is 0.961. The Balaban J connectivity index is 1.56. The number of carbonyl (C=O) groups excluding carboxylic acids is 1. The number of amides is 1. The van der Waals surface area contributed by atoms with Crippen molar-refractivity contribution in [3.05, 3.63) is 66.6 Å². The van der Waals surface area contributed by atoms with Crippen LogP contribution < -0.4 is 19.5 Å². The Morgan fingerprint density at radius 3 is 2.50 bits per heavy atom. The van der Waals surface area contributed by atoms with E-state index in [1.54, 1.807) is 12.1 Å². The van der Waals surface area contributed by atoms with E-state index in [4.69, 9.17) is 18.6 Å². The van der Waals surface area contributed by atoms with Crippen LogP contribution in [-0.4, -0.2) is 61.1 Å². The minimum Gasteiger partial charge on any atom is -0.508 e. The fourth-order valence-corrected chi connectivity index (χ4v) is 5.60. The number of ether oxygens (including phenoxy) is 3. The van der Waals surface area contributed by atoms with Gasteiger partial charge in [0.25, 0.3) is 0 Å². The number of sulfonamides is 1. The van der Waals surface area contributed by atoms with Gasteiger partial charge in [0.2, 0.25) is 16.8 Å². The number of hydrogen-bond donors (Lipinski definition) is 3. The normalized spacial score (nSPS) is 14.4. The zero-order valence-electron chi connectivity index (χ0n) is 20.9. The number of aliphatic hydroxyl groups is 1. The molecule has 3 N–H and O–H groups in total. The second-order valence-electron chi connectivity index (χ2n) is 9.27. The largest absolute Gasteiger partial charge is 0.508 e. The van der Waals surface area contributed by atoms with E-state index in [-0.39, 0.29) is 48.6 Å². The molecule has 1 aromatic heterocycles. The first kappa shape index (κ1) is 27.3. The summed E-state index contributed by atoms with van der Waals surface area (Å²) >= 11 is 0. The molecule has 1 aliphatic heterocycles. The van der Waals surface area contributed by atoms with E-state index < -0.39 is 28.3 Å². The van der Waals surface area contributed by atoms with E-state index in [9.17, 15) is 23.4 Å². The van der Waals surface area contributed by atoms with E-state index in [0.29, 0.717) is 17.1 Å². The molecule has 0 fully saturated rings. The van der Waals surface area contributed by atoms with Gasteiger partial charge in [0, 0.05) is 25.2 Å². The summed E-state index contributed by atoms with van der Waals surface area (Å²) in [6.45, 7) is 3.56. The van der Waals surface area contributed by atoms with Crippen LogP contribution >= 0.6 is 0 Å². The van der Waals surface area contributed by atoms with Crippen molar-refractivity contribution in [2.45, 2.75) is 37.3 Å². The first-order valence-electron chi connectivity index (χ1n) is 12.0. The van der Waals surface area contributed by atoms with Crippen molar-refractivity contribution in [1.29, 1.82) is 0 Å². The van der Waals surface area contributed by atoms with Gasteiger partial charge < -0.3 is 34.2 Å². The molecule has 0 spiro atoms. The third kappa shape index (κ3) is 6.77. The van der Waals surface area contributed by atoms with Crippen molar-refractivity contribution in [3.8, 4) is 23.0 Å². The van der Waals surface area contributed by atoms with Gasteiger partial charge in [-0.15, -0.1) is 0 Å². The monoisotopic (exact) mass is 546 g/mol. The summed E-state index contributed by atoms with van der Waals surface area (Å²) in [6.07, 6.45) is 0.567. The molecule has 2 heterocycles. The molecule has 11 nitrogen and oxygen atoms in total. The highest BCUT2D eigenvalue weighted by molar-refractivity contribution is 7.89. The number of phenolic OH excluding ortho intramolecular Hbond substituents is 1. The van der Waals surface area contributed by atoms with Crippen LogP contribution in [0.3, 0.4) is 0 Å². The molecule has 0 aliphatic carbocycles. The highest BCUT2D eigenvalue weighted by Crippen LogP contribution is 2.35. The third-order valence-corrected chi connectivity index (χ3v) is 7.63. The number of nitrogens with one attached hydrogen (secondary N) is 1. The van der Waals surface area contributed by atoms with Crippen LogP contribution in [0.2, 0.25) is 0 Å². The number of hydrogen-bond acceptors (Lipinski definition) is 9. The molecule has 3 aromatic rings. The van der Waals surface area contributed by atoms with Crippen LogP contribution in [0.4, 0.5) is 4.79 Å². The van der Waals surface area contributed by atoms with E-state index in [1.807, 2.05) is 13.8 Å². The predicted molar refractivity (Wildman–Crippen MR) is 136 cm³/mol. The highest BCUT2D eigenvalue weighted by Gasteiger charge is 2.32. The van der Waals surface area contributed by atoms with Crippen LogP contribution in [0, 0.1) is 5.92 Å². The highest BCUT2D eigenvalue weighted by atomic mass is 32.2. The second-order valence-corrected chi connectivity index (χ2v) is 11.2. The standard InChI is InChI=1S/C26H30N2O9S/c1-17(2)13-28(38(32,33)21-7-8-24-25(12-21)36-16-35-24)14-23(30)22(11-18-3-5-19(29)6-4-18)27-26(31)37-20-9-10-34-15-20/h3-10,12,15,17,22-23,29-30H,11,13-14,16H2,1-2H3,(H,27,31)/t22-,23+/m0/s1. The molecule has 2 atom stereocenters. The van der Waals surface area contributed by atoms with Crippen molar-refractivity contribution in [2.75, 3.05) is 19.9 Å². The smallest absolute Gasteiger partial charge is 0.413 e. The molecule has 204 valence electrons. The number of aliphatic hydroxyl groups excluding tert-OH is 1. The molecule has 4 rings (SSSR count). The Morgan fingerprint density at radius 1 is 1.08 bits per heavy atom. The van der Waals surface area contributed by atoms with Crippen LogP contribution in [0.5, 0.6) is 23.0 Å². The number of nitrogens with zero attached hydrogens (tertiary/aromatic N) is 1. The van der Waals surface area contributed by atoms with Crippen molar-refractivity contribution in [2.24, 2.45) is 5.92 Å². The van der Waals surface area contributed by atoms with E-state index in [0.717, 1.165) is 0 Å². The molecular formula is C26H30N2O9S. The molecule has 0 unspecified atom stereocenters. The fraction of sp³-hybridized carbons (Fsp3) is 0.346. The molecule has 38 heavy (non-hydrogen) atoms. The average molecular weight is 547 g/mol. The Labute approximate surface area is 220 Å². The minimum absolute atomic E-state index is 0.00277. The first-order valence-corrected chi connectivity index (χ1v) is 13.4. The molecule has 0 radical (unpaired) electrons. The lowest BCUT2D eigenvalue weighted by Crippen LogP contribution is -2.51. The van der Waals surface area contributed by atoms with Gasteiger partial charge in [0.05, 0.1) is 23.3 Å². The summed E-state index contributed by atoms with van der Waals surface area (Å²) in [6, 6.07) is 11.1. The van der Waals surface area contributed by atoms with Crippen LogP contribution in [-0.2, 0) is 16.4 Å². The van der Waals surface area contributed by atoms with E-state index in [2.05, 4.69) is 5.32 Å². The predicted octanol–water partition coefficient (Wildman–Crippen LogP) is 3.12. The summed E-state index contributed by atoms with van der Waals surface area (Å²) < 4.78 is 49.1. The summed E-state index contributed by atoms with van der Waals surface area (Å²) in [7, 11) is -4.05. The van der Waals surface area contributed by atoms with Crippen LogP contribution in [0.15, 0.2) is 70.4 Å². The zero-order valence-corrected chi connectivity index (χ0v) is 21.8. The number of benzene rings is 2. The maximum absolute atomic E-state index is 13.6. The van der Waals surface area contributed by atoms with Gasteiger partial charge in [-0.05, 0) is 42.2 Å². The van der Waals surface area contributed by atoms with Gasteiger partial charge in [-0.25, -0.2) is 13.2 Å². The molecule has 1 amide bonds. The molecule has 0 bridgehead atoms. The van der Waals surface area contributed by atoms with Crippen molar-refractivity contribution in [1.82, 2.24) is 9.62 Å². The second kappa shape index (κ2) is 11.8. The van der Waals surface area contributed by atoms with Gasteiger partial charge in [0.1, 0.15) is 12.0 Å². The van der Waals surface area contributed by atoms with Crippen molar-refractivity contribution >= 4 is 16.1 Å². The van der Waals surface area contributed by atoms with Crippen molar-refractivity contribution in [3.63, 3.8) is 0 Å². The molecule has 1 aliphatic rings. The maximum atomic E-state index is 13.6. The lowest BCUT2D eigenvalue weighted by molar-refractivity contribution is 0.0991. The van der Waals surface area contributed by atoms with Gasteiger partial charge in [-0.3, -0.25) is 0 Å². The van der Waals surface area contributed by atoms with Crippen LogP contribution in [0.25, 0.3) is 0 Å². The molecular weight excluding hydrogens is 516 g/mol. The number of phenols is 1. The lowest BCUT2D eigenvalue weighted by Gasteiger charge is -2.30. The number of furan rings is 1. The molecule has 2 aromatic carbocycles. The molecule has 12 heteroatoms. The number of aromatic hydroxyl groups is 1. The Kier molecular flexibility index (Phi) is 8.45. The summed E-state index contributed by atoms with van der Waals surface area (Å²) in [4.78, 5) is 12.6. The van der Waals surface area contributed by atoms with E-state index in [1.165, 1.54) is 53.2 Å². The molecule has 0 saturated heterocycles. The van der Waals surface area contributed by atoms with Gasteiger partial charge in [0.15, 0.2) is 17.2 Å². The zero-order chi connectivity index (χ0) is 27.3. The minimum atomic E-state index is -4.05. The molecule has 0 saturated carbocycles.